The number of aliphatic hydroxyl groups is 1. The third kappa shape index (κ3) is 2.89. The number of hydrogen-bond donors (Lipinski definition) is 3. The zero-order valence-corrected chi connectivity index (χ0v) is 13.6. The second kappa shape index (κ2) is 6.10. The Labute approximate surface area is 143 Å². The first kappa shape index (κ1) is 15.5. The van der Waals surface area contributed by atoms with Crippen LogP contribution in [0.3, 0.4) is 0 Å². The van der Waals surface area contributed by atoms with E-state index in [9.17, 15) is 9.90 Å². The van der Waals surface area contributed by atoms with Gasteiger partial charge >= 0.3 is 0 Å². The van der Waals surface area contributed by atoms with E-state index in [2.05, 4.69) is 15.3 Å². The average Bonchev–Trinajstić information content (AvgIpc) is 3.05. The van der Waals surface area contributed by atoms with Crippen molar-refractivity contribution < 1.29 is 19.4 Å². The largest absolute Gasteiger partial charge is 0.486 e. The third-order valence-electron chi connectivity index (χ3n) is 3.96. The molecule has 25 heavy (non-hydrogen) atoms. The van der Waals surface area contributed by atoms with Crippen molar-refractivity contribution in [2.75, 3.05) is 18.5 Å². The number of carbonyl (C=O) groups is 1. The van der Waals surface area contributed by atoms with Gasteiger partial charge in [0.2, 0.25) is 0 Å². The Morgan fingerprint density at radius 3 is 2.96 bits per heavy atom. The van der Waals surface area contributed by atoms with Crippen molar-refractivity contribution >= 4 is 22.6 Å². The van der Waals surface area contributed by atoms with E-state index < -0.39 is 6.10 Å². The topological polar surface area (TPSA) is 96.5 Å². The minimum absolute atomic E-state index is 0.281. The Kier molecular flexibility index (Phi) is 3.77. The molecule has 1 aromatic heterocycles. The molecule has 0 aliphatic carbocycles. The molecule has 1 unspecified atom stereocenters. The summed E-state index contributed by atoms with van der Waals surface area (Å²) in [6, 6.07) is 10.6. The number of amides is 1. The van der Waals surface area contributed by atoms with Gasteiger partial charge in [0.05, 0.1) is 16.6 Å². The number of fused-ring (bicyclic) bond motifs is 2. The van der Waals surface area contributed by atoms with Crippen LogP contribution in [0, 0.1) is 0 Å². The summed E-state index contributed by atoms with van der Waals surface area (Å²) in [5.74, 6) is 1.24. The number of aromatic nitrogens is 2. The summed E-state index contributed by atoms with van der Waals surface area (Å²) in [7, 11) is 0. The lowest BCUT2D eigenvalue weighted by Crippen LogP contribution is -2.20. The van der Waals surface area contributed by atoms with Crippen LogP contribution in [0.5, 0.6) is 11.5 Å². The zero-order valence-electron chi connectivity index (χ0n) is 13.6. The van der Waals surface area contributed by atoms with Crippen LogP contribution in [0.25, 0.3) is 11.0 Å². The summed E-state index contributed by atoms with van der Waals surface area (Å²) in [4.78, 5) is 20.0. The third-order valence-corrected chi connectivity index (χ3v) is 3.96. The first-order valence-electron chi connectivity index (χ1n) is 7.99. The first-order chi connectivity index (χ1) is 12.1. The Balaban J connectivity index is 1.62. The molecule has 7 heteroatoms. The van der Waals surface area contributed by atoms with E-state index in [0.717, 1.165) is 11.0 Å². The molecule has 4 rings (SSSR count). The predicted octanol–water partition coefficient (Wildman–Crippen LogP) is 2.64. The van der Waals surface area contributed by atoms with Crippen molar-refractivity contribution in [3.63, 3.8) is 0 Å². The normalized spacial score (nSPS) is 14.3. The second-order valence-corrected chi connectivity index (χ2v) is 5.81. The molecular weight excluding hydrogens is 322 g/mol. The molecule has 1 aliphatic rings. The van der Waals surface area contributed by atoms with Gasteiger partial charge in [0.15, 0.2) is 11.5 Å². The summed E-state index contributed by atoms with van der Waals surface area (Å²) in [5.41, 5.74) is 2.50. The summed E-state index contributed by atoms with van der Waals surface area (Å²) < 4.78 is 11.1. The second-order valence-electron chi connectivity index (χ2n) is 5.81. The molecule has 1 amide bonds. The number of rotatable bonds is 3. The minimum Gasteiger partial charge on any atom is -0.486 e. The molecule has 3 N–H and O–H groups in total. The Morgan fingerprint density at radius 1 is 1.28 bits per heavy atom. The van der Waals surface area contributed by atoms with Crippen molar-refractivity contribution in [2.24, 2.45) is 0 Å². The number of ether oxygens (including phenoxy) is 2. The lowest BCUT2D eigenvalue weighted by atomic mass is 10.1. The maximum atomic E-state index is 12.6. The van der Waals surface area contributed by atoms with Crippen LogP contribution < -0.4 is 14.8 Å². The molecule has 0 saturated carbocycles. The van der Waals surface area contributed by atoms with E-state index in [1.54, 1.807) is 43.3 Å². The molecule has 3 aromatic rings. The van der Waals surface area contributed by atoms with Crippen molar-refractivity contribution in [1.82, 2.24) is 9.97 Å². The van der Waals surface area contributed by atoms with Crippen molar-refractivity contribution in [3.8, 4) is 11.5 Å². The number of nitrogens with one attached hydrogen (secondary N) is 2. The van der Waals surface area contributed by atoms with Gasteiger partial charge in [-0.25, -0.2) is 4.98 Å². The first-order valence-corrected chi connectivity index (χ1v) is 7.99. The number of hydrogen-bond acceptors (Lipinski definition) is 5. The van der Waals surface area contributed by atoms with Crippen LogP contribution in [-0.2, 0) is 0 Å². The van der Waals surface area contributed by atoms with Gasteiger partial charge in [0.25, 0.3) is 5.91 Å². The highest BCUT2D eigenvalue weighted by atomic mass is 16.6. The standard InChI is InChI=1S/C18H17N3O4/c1-10(22)17-20-13-6-5-11(9-14(13)21-17)19-18(23)12-3-2-4-15-16(12)25-8-7-24-15/h2-6,9-10,22H,7-8H2,1H3,(H,19,23)(H,20,21). The molecule has 0 bridgehead atoms. The number of carbonyl (C=O) groups excluding carboxylic acids is 1. The van der Waals surface area contributed by atoms with Gasteiger partial charge in [0, 0.05) is 5.69 Å². The fraction of sp³-hybridized carbons (Fsp3) is 0.222. The van der Waals surface area contributed by atoms with Crippen LogP contribution in [-0.4, -0.2) is 34.2 Å². The van der Waals surface area contributed by atoms with E-state index in [1.807, 2.05) is 0 Å². The van der Waals surface area contributed by atoms with Gasteiger partial charge in [-0.05, 0) is 37.3 Å². The quantitative estimate of drug-likeness (QED) is 0.682. The highest BCUT2D eigenvalue weighted by Gasteiger charge is 2.20. The van der Waals surface area contributed by atoms with Crippen molar-refractivity contribution in [2.45, 2.75) is 13.0 Å². The van der Waals surface area contributed by atoms with E-state index >= 15 is 0 Å². The van der Waals surface area contributed by atoms with Crippen LogP contribution in [0.4, 0.5) is 5.69 Å². The molecule has 2 heterocycles. The molecule has 2 aromatic carbocycles. The summed E-state index contributed by atoms with van der Waals surface area (Å²) in [6.45, 7) is 2.53. The summed E-state index contributed by atoms with van der Waals surface area (Å²) >= 11 is 0. The number of aliphatic hydroxyl groups excluding tert-OH is 1. The van der Waals surface area contributed by atoms with Gasteiger partial charge in [-0.2, -0.15) is 0 Å². The van der Waals surface area contributed by atoms with E-state index in [-0.39, 0.29) is 5.91 Å². The molecule has 0 radical (unpaired) electrons. The Morgan fingerprint density at radius 2 is 2.12 bits per heavy atom. The number of nitrogens with zero attached hydrogens (tertiary/aromatic N) is 1. The highest BCUT2D eigenvalue weighted by Crippen LogP contribution is 2.34. The number of anilines is 1. The molecule has 0 spiro atoms. The molecule has 128 valence electrons. The van der Waals surface area contributed by atoms with E-state index in [4.69, 9.17) is 9.47 Å². The SMILES string of the molecule is CC(O)c1nc2ccc(NC(=O)c3cccc4c3OCCO4)cc2[nH]1. The van der Waals surface area contributed by atoms with Gasteiger partial charge in [-0.15, -0.1) is 0 Å². The van der Waals surface area contributed by atoms with Crippen LogP contribution in [0.2, 0.25) is 0 Å². The fourth-order valence-electron chi connectivity index (χ4n) is 2.76. The molecule has 7 nitrogen and oxygen atoms in total. The number of aromatic amines is 1. The molecular formula is C18H17N3O4. The lowest BCUT2D eigenvalue weighted by Gasteiger charge is -2.20. The molecule has 0 fully saturated rings. The van der Waals surface area contributed by atoms with Gasteiger partial charge in [-0.1, -0.05) is 6.07 Å². The average molecular weight is 339 g/mol. The van der Waals surface area contributed by atoms with E-state index in [1.165, 1.54) is 0 Å². The maximum absolute atomic E-state index is 12.6. The highest BCUT2D eigenvalue weighted by molar-refractivity contribution is 6.07. The Bertz CT molecular complexity index is 949. The Hall–Kier alpha value is -3.06. The van der Waals surface area contributed by atoms with Crippen molar-refractivity contribution in [1.29, 1.82) is 0 Å². The molecule has 1 atom stereocenters. The maximum Gasteiger partial charge on any atom is 0.259 e. The predicted molar refractivity (Wildman–Crippen MR) is 92.1 cm³/mol. The smallest absolute Gasteiger partial charge is 0.259 e. The number of imidazole rings is 1. The molecule has 1 aliphatic heterocycles. The summed E-state index contributed by atoms with van der Waals surface area (Å²) in [6.07, 6.45) is -0.682. The van der Waals surface area contributed by atoms with Gasteiger partial charge < -0.3 is 24.9 Å². The fourth-order valence-corrected chi connectivity index (χ4v) is 2.76. The molecule has 0 saturated heterocycles. The van der Waals surface area contributed by atoms with Crippen molar-refractivity contribution in [3.05, 3.63) is 47.8 Å². The van der Waals surface area contributed by atoms with Crippen LogP contribution >= 0.6 is 0 Å². The number of benzene rings is 2. The number of H-pyrrole nitrogens is 1. The van der Waals surface area contributed by atoms with Gasteiger partial charge in [-0.3, -0.25) is 4.79 Å². The minimum atomic E-state index is -0.682. The monoisotopic (exact) mass is 339 g/mol. The number of para-hydroxylation sites is 1. The zero-order chi connectivity index (χ0) is 17.4. The summed E-state index contributed by atoms with van der Waals surface area (Å²) in [5, 5.41) is 12.5. The van der Waals surface area contributed by atoms with Gasteiger partial charge in [0.1, 0.15) is 25.1 Å². The lowest BCUT2D eigenvalue weighted by molar-refractivity contribution is 0.101. The van der Waals surface area contributed by atoms with Crippen LogP contribution in [0.15, 0.2) is 36.4 Å². The van der Waals surface area contributed by atoms with Crippen LogP contribution in [0.1, 0.15) is 29.2 Å². The van der Waals surface area contributed by atoms with E-state index in [0.29, 0.717) is 41.8 Å².